The third-order valence-electron chi connectivity index (χ3n) is 4.13. The van der Waals surface area contributed by atoms with Crippen LogP contribution in [-0.4, -0.2) is 41.7 Å². The van der Waals surface area contributed by atoms with Crippen LogP contribution in [0.15, 0.2) is 4.52 Å². The van der Waals surface area contributed by atoms with Gasteiger partial charge in [0.2, 0.25) is 15.9 Å². The number of sulfonamides is 1. The third-order valence-corrected chi connectivity index (χ3v) is 5.98. The van der Waals surface area contributed by atoms with Crippen LogP contribution in [0, 0.1) is 5.92 Å². The molecule has 112 valence electrons. The normalized spacial score (nSPS) is 24.9. The molecule has 1 aromatic rings. The van der Waals surface area contributed by atoms with Gasteiger partial charge >= 0.3 is 0 Å². The Kier molecular flexibility index (Phi) is 3.81. The zero-order chi connectivity index (χ0) is 14.2. The highest BCUT2D eigenvalue weighted by molar-refractivity contribution is 7.89. The summed E-state index contributed by atoms with van der Waals surface area (Å²) in [6, 6.07) is 0. The number of hydrogen-bond acceptors (Lipinski definition) is 5. The summed E-state index contributed by atoms with van der Waals surface area (Å²) in [5.74, 6) is 2.45. The predicted molar refractivity (Wildman–Crippen MR) is 73.7 cm³/mol. The fraction of sp³-hybridized carbons (Fsp3) is 0.846. The molecule has 0 spiro atoms. The highest BCUT2D eigenvalue weighted by Crippen LogP contribution is 2.38. The van der Waals surface area contributed by atoms with Crippen LogP contribution in [0.3, 0.4) is 0 Å². The van der Waals surface area contributed by atoms with Crippen LogP contribution in [0.2, 0.25) is 0 Å². The molecule has 2 heterocycles. The van der Waals surface area contributed by atoms with Crippen molar-refractivity contribution in [2.24, 2.45) is 5.92 Å². The van der Waals surface area contributed by atoms with Crippen LogP contribution in [0.5, 0.6) is 0 Å². The van der Waals surface area contributed by atoms with E-state index in [0.29, 0.717) is 31.3 Å². The first-order chi connectivity index (χ1) is 9.58. The van der Waals surface area contributed by atoms with Gasteiger partial charge in [0.1, 0.15) is 0 Å². The van der Waals surface area contributed by atoms with E-state index in [-0.39, 0.29) is 11.7 Å². The van der Waals surface area contributed by atoms with E-state index in [4.69, 9.17) is 4.52 Å². The van der Waals surface area contributed by atoms with Crippen molar-refractivity contribution in [2.75, 3.05) is 18.8 Å². The molecule has 0 bridgehead atoms. The number of rotatable bonds is 5. The summed E-state index contributed by atoms with van der Waals surface area (Å²) in [6.07, 6.45) is 4.94. The van der Waals surface area contributed by atoms with E-state index in [0.717, 1.165) is 31.5 Å². The Morgan fingerprint density at radius 2 is 2.15 bits per heavy atom. The molecule has 1 saturated carbocycles. The van der Waals surface area contributed by atoms with E-state index in [2.05, 4.69) is 10.1 Å². The summed E-state index contributed by atoms with van der Waals surface area (Å²) in [4.78, 5) is 4.43. The fourth-order valence-electron chi connectivity index (χ4n) is 2.73. The number of piperidine rings is 1. The molecule has 1 saturated heterocycles. The molecule has 2 aliphatic rings. The van der Waals surface area contributed by atoms with Crippen molar-refractivity contribution in [3.63, 3.8) is 0 Å². The second-order valence-electron chi connectivity index (χ2n) is 5.79. The van der Waals surface area contributed by atoms with Gasteiger partial charge in [-0.1, -0.05) is 5.16 Å². The summed E-state index contributed by atoms with van der Waals surface area (Å²) in [5, 5.41) is 4.01. The van der Waals surface area contributed by atoms with Crippen LogP contribution in [0.25, 0.3) is 0 Å². The van der Waals surface area contributed by atoms with Crippen LogP contribution < -0.4 is 0 Å². The summed E-state index contributed by atoms with van der Waals surface area (Å²) in [7, 11) is -3.08. The Labute approximate surface area is 119 Å². The molecule has 0 radical (unpaired) electrons. The average Bonchev–Trinajstić information content (AvgIpc) is 3.20. The lowest BCUT2D eigenvalue weighted by Crippen LogP contribution is -2.41. The average molecular weight is 299 g/mol. The van der Waals surface area contributed by atoms with Gasteiger partial charge in [-0.25, -0.2) is 12.7 Å². The lowest BCUT2D eigenvalue weighted by molar-refractivity contribution is 0.247. The molecule has 0 unspecified atom stereocenters. The van der Waals surface area contributed by atoms with E-state index in [9.17, 15) is 8.42 Å². The van der Waals surface area contributed by atoms with E-state index in [1.54, 1.807) is 11.2 Å². The standard InChI is InChI=1S/C13H21N3O3S/c1-2-20(17,18)16-7-3-4-10(9-16)8-12-14-13(15-19-12)11-5-6-11/h10-11H,2-9H2,1H3/t10-/m1/s1. The largest absolute Gasteiger partial charge is 0.339 e. The molecule has 0 N–H and O–H groups in total. The first kappa shape index (κ1) is 14.0. The van der Waals surface area contributed by atoms with Gasteiger partial charge in [-0.15, -0.1) is 0 Å². The lowest BCUT2D eigenvalue weighted by atomic mass is 9.96. The van der Waals surface area contributed by atoms with Gasteiger partial charge in [-0.05, 0) is 38.5 Å². The van der Waals surface area contributed by atoms with Crippen molar-refractivity contribution in [3.05, 3.63) is 11.7 Å². The highest BCUT2D eigenvalue weighted by atomic mass is 32.2. The minimum Gasteiger partial charge on any atom is -0.339 e. The van der Waals surface area contributed by atoms with E-state index in [1.165, 1.54) is 0 Å². The van der Waals surface area contributed by atoms with Gasteiger partial charge in [-0.2, -0.15) is 4.98 Å². The Hall–Kier alpha value is -0.950. The van der Waals surface area contributed by atoms with Crippen molar-refractivity contribution in [2.45, 2.75) is 44.9 Å². The van der Waals surface area contributed by atoms with Gasteiger partial charge in [0.25, 0.3) is 0 Å². The Morgan fingerprint density at radius 1 is 1.35 bits per heavy atom. The summed E-state index contributed by atoms with van der Waals surface area (Å²) in [6.45, 7) is 2.92. The maximum atomic E-state index is 11.9. The summed E-state index contributed by atoms with van der Waals surface area (Å²) in [5.41, 5.74) is 0. The second kappa shape index (κ2) is 5.44. The highest BCUT2D eigenvalue weighted by Gasteiger charge is 2.31. The van der Waals surface area contributed by atoms with Crippen molar-refractivity contribution < 1.29 is 12.9 Å². The molecule has 2 fully saturated rings. The zero-order valence-corrected chi connectivity index (χ0v) is 12.6. The maximum Gasteiger partial charge on any atom is 0.226 e. The predicted octanol–water partition coefficient (Wildman–Crippen LogP) is 1.55. The Morgan fingerprint density at radius 3 is 2.85 bits per heavy atom. The van der Waals surface area contributed by atoms with Crippen LogP contribution in [0.1, 0.15) is 50.2 Å². The zero-order valence-electron chi connectivity index (χ0n) is 11.8. The molecule has 1 aliphatic carbocycles. The molecule has 1 atom stereocenters. The van der Waals surface area contributed by atoms with Crippen molar-refractivity contribution in [1.82, 2.24) is 14.4 Å². The van der Waals surface area contributed by atoms with Crippen molar-refractivity contribution in [1.29, 1.82) is 0 Å². The lowest BCUT2D eigenvalue weighted by Gasteiger charge is -2.30. The molecule has 7 heteroatoms. The minimum absolute atomic E-state index is 0.173. The molecule has 1 aromatic heterocycles. The van der Waals surface area contributed by atoms with E-state index < -0.39 is 10.0 Å². The monoisotopic (exact) mass is 299 g/mol. The first-order valence-corrected chi connectivity index (χ1v) is 8.99. The molecular weight excluding hydrogens is 278 g/mol. The number of hydrogen-bond donors (Lipinski definition) is 0. The van der Waals surface area contributed by atoms with Crippen molar-refractivity contribution >= 4 is 10.0 Å². The molecule has 6 nitrogen and oxygen atoms in total. The van der Waals surface area contributed by atoms with Gasteiger partial charge in [0, 0.05) is 25.4 Å². The van der Waals surface area contributed by atoms with Gasteiger partial charge in [0.05, 0.1) is 5.75 Å². The number of nitrogens with zero attached hydrogens (tertiary/aromatic N) is 3. The number of aromatic nitrogens is 2. The second-order valence-corrected chi connectivity index (χ2v) is 8.05. The summed E-state index contributed by atoms with van der Waals surface area (Å²) >= 11 is 0. The molecule has 0 aromatic carbocycles. The molecule has 20 heavy (non-hydrogen) atoms. The van der Waals surface area contributed by atoms with Gasteiger partial charge in [0.15, 0.2) is 5.82 Å². The Bertz CT molecular complexity index is 565. The van der Waals surface area contributed by atoms with E-state index in [1.807, 2.05) is 0 Å². The SMILES string of the molecule is CCS(=O)(=O)N1CCC[C@H](Cc2nc(C3CC3)no2)C1. The van der Waals surface area contributed by atoms with Crippen LogP contribution >= 0.6 is 0 Å². The van der Waals surface area contributed by atoms with Gasteiger partial charge in [-0.3, -0.25) is 0 Å². The minimum atomic E-state index is -3.08. The van der Waals surface area contributed by atoms with Crippen LogP contribution in [0.4, 0.5) is 0 Å². The van der Waals surface area contributed by atoms with Gasteiger partial charge < -0.3 is 4.52 Å². The Balaban J connectivity index is 1.61. The first-order valence-electron chi connectivity index (χ1n) is 7.39. The van der Waals surface area contributed by atoms with Crippen LogP contribution in [-0.2, 0) is 16.4 Å². The molecule has 1 aliphatic heterocycles. The molecule has 3 rings (SSSR count). The summed E-state index contributed by atoms with van der Waals surface area (Å²) < 4.78 is 30.8. The van der Waals surface area contributed by atoms with E-state index >= 15 is 0 Å². The maximum absolute atomic E-state index is 11.9. The quantitative estimate of drug-likeness (QED) is 0.824. The molecular formula is C13H21N3O3S. The molecule has 0 amide bonds. The fourth-order valence-corrected chi connectivity index (χ4v) is 3.94. The topological polar surface area (TPSA) is 76.3 Å². The van der Waals surface area contributed by atoms with Crippen molar-refractivity contribution in [3.8, 4) is 0 Å². The third kappa shape index (κ3) is 3.03. The smallest absolute Gasteiger partial charge is 0.226 e.